The average Bonchev–Trinajstić information content (AvgIpc) is 2.32. The largest absolute Gasteiger partial charge is 0.397 e. The third kappa shape index (κ3) is 1.51. The second kappa shape index (κ2) is 3.72. The van der Waals surface area contributed by atoms with Gasteiger partial charge in [0, 0.05) is 11.6 Å². The van der Waals surface area contributed by atoms with Crippen molar-refractivity contribution >= 4 is 5.69 Å². The lowest BCUT2D eigenvalue weighted by molar-refractivity contribution is -0.00417. The fourth-order valence-electron chi connectivity index (χ4n) is 5.19. The molecule has 1 aromatic heterocycles. The SMILES string of the molecule is Cc1nc(C2C3CC4CC(C3)CC2C4)ccc1N. The first-order valence-corrected chi connectivity index (χ1v) is 7.43. The van der Waals surface area contributed by atoms with Crippen LogP contribution in [0.3, 0.4) is 0 Å². The van der Waals surface area contributed by atoms with Crippen LogP contribution < -0.4 is 5.73 Å². The minimum Gasteiger partial charge on any atom is -0.397 e. The van der Waals surface area contributed by atoms with E-state index in [0.717, 1.165) is 41.0 Å². The predicted octanol–water partition coefficient (Wildman–Crippen LogP) is 3.51. The Morgan fingerprint density at radius 1 is 1.00 bits per heavy atom. The smallest absolute Gasteiger partial charge is 0.0605 e. The van der Waals surface area contributed by atoms with Crippen LogP contribution in [0.25, 0.3) is 0 Å². The second-order valence-electron chi connectivity index (χ2n) is 6.87. The highest BCUT2D eigenvalue weighted by atomic mass is 14.8. The van der Waals surface area contributed by atoms with Gasteiger partial charge in [0.25, 0.3) is 0 Å². The maximum Gasteiger partial charge on any atom is 0.0605 e. The maximum atomic E-state index is 5.90. The Labute approximate surface area is 109 Å². The summed E-state index contributed by atoms with van der Waals surface area (Å²) in [7, 11) is 0. The second-order valence-corrected chi connectivity index (χ2v) is 6.87. The van der Waals surface area contributed by atoms with Crippen LogP contribution in [-0.2, 0) is 0 Å². The standard InChI is InChI=1S/C16H22N2/c1-9-14(17)2-3-15(18-9)16-12-5-10-4-11(7-12)8-13(16)6-10/h2-3,10-13,16H,4-8,17H2,1H3. The molecule has 18 heavy (non-hydrogen) atoms. The molecule has 0 amide bonds. The van der Waals surface area contributed by atoms with Gasteiger partial charge in [-0.25, -0.2) is 0 Å². The lowest BCUT2D eigenvalue weighted by atomic mass is 9.51. The number of aryl methyl sites for hydroxylation is 1. The number of hydrogen-bond acceptors (Lipinski definition) is 2. The molecule has 0 aromatic carbocycles. The average molecular weight is 242 g/mol. The third-order valence-electron chi connectivity index (χ3n) is 5.72. The molecular weight excluding hydrogens is 220 g/mol. The molecule has 2 nitrogen and oxygen atoms in total. The fourth-order valence-corrected chi connectivity index (χ4v) is 5.19. The molecule has 2 N–H and O–H groups in total. The van der Waals surface area contributed by atoms with E-state index < -0.39 is 0 Å². The molecule has 0 atom stereocenters. The van der Waals surface area contributed by atoms with Gasteiger partial charge in [-0.15, -0.1) is 0 Å². The molecule has 0 radical (unpaired) electrons. The molecule has 4 bridgehead atoms. The van der Waals surface area contributed by atoms with E-state index in [-0.39, 0.29) is 0 Å². The van der Waals surface area contributed by atoms with Crippen LogP contribution in [-0.4, -0.2) is 4.98 Å². The Morgan fingerprint density at radius 2 is 1.61 bits per heavy atom. The summed E-state index contributed by atoms with van der Waals surface area (Å²) in [5, 5.41) is 0. The monoisotopic (exact) mass is 242 g/mol. The Hall–Kier alpha value is -1.05. The summed E-state index contributed by atoms with van der Waals surface area (Å²) < 4.78 is 0. The van der Waals surface area contributed by atoms with Crippen molar-refractivity contribution in [2.24, 2.45) is 23.7 Å². The zero-order chi connectivity index (χ0) is 12.3. The summed E-state index contributed by atoms with van der Waals surface area (Å²) in [5.41, 5.74) is 9.08. The Kier molecular flexibility index (Phi) is 2.24. The number of aromatic nitrogens is 1. The highest BCUT2D eigenvalue weighted by Gasteiger charge is 2.49. The van der Waals surface area contributed by atoms with Crippen molar-refractivity contribution < 1.29 is 0 Å². The molecule has 4 fully saturated rings. The van der Waals surface area contributed by atoms with Gasteiger partial charge in [-0.3, -0.25) is 4.98 Å². The van der Waals surface area contributed by atoms with Crippen LogP contribution in [0.2, 0.25) is 0 Å². The minimum atomic E-state index is 0.733. The van der Waals surface area contributed by atoms with Crippen molar-refractivity contribution in [1.82, 2.24) is 4.98 Å². The van der Waals surface area contributed by atoms with E-state index >= 15 is 0 Å². The Bertz CT molecular complexity index is 452. The van der Waals surface area contributed by atoms with Gasteiger partial charge < -0.3 is 5.73 Å². The van der Waals surface area contributed by atoms with E-state index in [1.54, 1.807) is 0 Å². The van der Waals surface area contributed by atoms with E-state index in [0.29, 0.717) is 0 Å². The maximum absolute atomic E-state index is 5.90. The van der Waals surface area contributed by atoms with Crippen LogP contribution in [0.1, 0.15) is 49.4 Å². The van der Waals surface area contributed by atoms with Crippen molar-refractivity contribution in [3.63, 3.8) is 0 Å². The number of nitrogens with two attached hydrogens (primary N) is 1. The molecule has 96 valence electrons. The zero-order valence-electron chi connectivity index (χ0n) is 11.1. The summed E-state index contributed by atoms with van der Waals surface area (Å²) in [4.78, 5) is 4.79. The Balaban J connectivity index is 1.70. The summed E-state index contributed by atoms with van der Waals surface area (Å²) in [6.45, 7) is 2.04. The molecule has 4 saturated carbocycles. The van der Waals surface area contributed by atoms with E-state index in [1.807, 2.05) is 6.92 Å². The number of rotatable bonds is 1. The van der Waals surface area contributed by atoms with Gasteiger partial charge in [-0.1, -0.05) is 0 Å². The van der Waals surface area contributed by atoms with Crippen LogP contribution in [0.5, 0.6) is 0 Å². The normalized spacial score (nSPS) is 41.3. The molecule has 5 rings (SSSR count). The summed E-state index contributed by atoms with van der Waals surface area (Å²) in [6.07, 6.45) is 7.37. The van der Waals surface area contributed by atoms with Crippen LogP contribution in [0.15, 0.2) is 12.1 Å². The van der Waals surface area contributed by atoms with E-state index in [1.165, 1.54) is 37.8 Å². The number of nitrogens with zero attached hydrogens (tertiary/aromatic N) is 1. The van der Waals surface area contributed by atoms with Crippen LogP contribution in [0.4, 0.5) is 5.69 Å². The molecule has 4 aliphatic rings. The van der Waals surface area contributed by atoms with Crippen molar-refractivity contribution in [3.05, 3.63) is 23.5 Å². The lowest BCUT2D eigenvalue weighted by Crippen LogP contribution is -2.44. The summed E-state index contributed by atoms with van der Waals surface area (Å²) >= 11 is 0. The first-order chi connectivity index (χ1) is 8.70. The van der Waals surface area contributed by atoms with Crippen molar-refractivity contribution in [3.8, 4) is 0 Å². The minimum absolute atomic E-state index is 0.733. The van der Waals surface area contributed by atoms with Crippen molar-refractivity contribution in [2.45, 2.75) is 44.9 Å². The number of nitrogen functional groups attached to an aromatic ring is 1. The highest BCUT2D eigenvalue weighted by Crippen LogP contribution is 2.59. The quantitative estimate of drug-likeness (QED) is 0.818. The van der Waals surface area contributed by atoms with Gasteiger partial charge in [-0.2, -0.15) is 0 Å². The van der Waals surface area contributed by atoms with Crippen LogP contribution in [0, 0.1) is 30.6 Å². The van der Waals surface area contributed by atoms with Gasteiger partial charge in [0.05, 0.1) is 11.4 Å². The molecule has 4 aliphatic carbocycles. The summed E-state index contributed by atoms with van der Waals surface area (Å²) in [5.74, 6) is 4.64. The van der Waals surface area contributed by atoms with Crippen LogP contribution >= 0.6 is 0 Å². The van der Waals surface area contributed by atoms with Crippen molar-refractivity contribution in [1.29, 1.82) is 0 Å². The lowest BCUT2D eigenvalue weighted by Gasteiger charge is -2.54. The Morgan fingerprint density at radius 3 is 2.17 bits per heavy atom. The highest BCUT2D eigenvalue weighted by molar-refractivity contribution is 5.43. The molecular formula is C16H22N2. The third-order valence-corrected chi connectivity index (χ3v) is 5.72. The molecule has 1 heterocycles. The fraction of sp³-hybridized carbons (Fsp3) is 0.688. The molecule has 0 spiro atoms. The molecule has 2 heteroatoms. The number of hydrogen-bond donors (Lipinski definition) is 1. The van der Waals surface area contributed by atoms with Gasteiger partial charge >= 0.3 is 0 Å². The number of pyridine rings is 1. The van der Waals surface area contributed by atoms with Gasteiger partial charge in [0.15, 0.2) is 0 Å². The van der Waals surface area contributed by atoms with Gasteiger partial charge in [-0.05, 0) is 74.8 Å². The van der Waals surface area contributed by atoms with Crippen molar-refractivity contribution in [2.75, 3.05) is 5.73 Å². The molecule has 1 aromatic rings. The molecule has 0 saturated heterocycles. The predicted molar refractivity (Wildman–Crippen MR) is 73.2 cm³/mol. The number of anilines is 1. The van der Waals surface area contributed by atoms with E-state index in [9.17, 15) is 0 Å². The van der Waals surface area contributed by atoms with E-state index in [4.69, 9.17) is 10.7 Å². The summed E-state index contributed by atoms with van der Waals surface area (Å²) in [6, 6.07) is 4.25. The van der Waals surface area contributed by atoms with Gasteiger partial charge in [0.1, 0.15) is 0 Å². The topological polar surface area (TPSA) is 38.9 Å². The zero-order valence-corrected chi connectivity index (χ0v) is 11.1. The first kappa shape index (κ1) is 10.8. The van der Waals surface area contributed by atoms with E-state index in [2.05, 4.69) is 12.1 Å². The molecule has 0 unspecified atom stereocenters. The first-order valence-electron chi connectivity index (χ1n) is 7.43. The van der Waals surface area contributed by atoms with Gasteiger partial charge in [0.2, 0.25) is 0 Å². The molecule has 0 aliphatic heterocycles.